The fourth-order valence-electron chi connectivity index (χ4n) is 3.21. The number of morpholine rings is 1. The van der Waals surface area contributed by atoms with Crippen LogP contribution in [0.15, 0.2) is 30.3 Å². The number of nitrogens with zero attached hydrogens (tertiary/aromatic N) is 3. The van der Waals surface area contributed by atoms with Gasteiger partial charge < -0.3 is 20.3 Å². The molecule has 6 nitrogen and oxygen atoms in total. The van der Waals surface area contributed by atoms with E-state index >= 15 is 0 Å². The summed E-state index contributed by atoms with van der Waals surface area (Å²) in [6.45, 7) is 7.57. The zero-order valence-electron chi connectivity index (χ0n) is 17.8. The van der Waals surface area contributed by atoms with Crippen LogP contribution in [0.3, 0.4) is 0 Å². The molecule has 1 saturated heterocycles. The predicted molar refractivity (Wildman–Crippen MR) is 129 cm³/mol. The highest BCUT2D eigenvalue weighted by molar-refractivity contribution is 7.99. The molecule has 1 saturated carbocycles. The summed E-state index contributed by atoms with van der Waals surface area (Å²) in [4.78, 5) is 12.1. The van der Waals surface area contributed by atoms with Crippen LogP contribution in [0, 0.1) is 0 Å². The Morgan fingerprint density at radius 3 is 2.50 bits per heavy atom. The number of ether oxygens (including phenoxy) is 1. The van der Waals surface area contributed by atoms with Crippen LogP contribution in [0.2, 0.25) is 0 Å². The van der Waals surface area contributed by atoms with Crippen molar-refractivity contribution >= 4 is 40.6 Å². The predicted octanol–water partition coefficient (Wildman–Crippen LogP) is 4.03. The van der Waals surface area contributed by atoms with E-state index in [9.17, 15) is 0 Å². The van der Waals surface area contributed by atoms with Crippen molar-refractivity contribution in [3.8, 4) is 11.4 Å². The van der Waals surface area contributed by atoms with Gasteiger partial charge in [-0.3, -0.25) is 0 Å². The first kappa shape index (κ1) is 21.3. The molecule has 30 heavy (non-hydrogen) atoms. The van der Waals surface area contributed by atoms with Crippen molar-refractivity contribution in [1.29, 1.82) is 0 Å². The van der Waals surface area contributed by atoms with Gasteiger partial charge in [-0.05, 0) is 69.4 Å². The first-order valence-electron chi connectivity index (χ1n) is 10.4. The van der Waals surface area contributed by atoms with Gasteiger partial charge in [0.25, 0.3) is 0 Å². The fraction of sp³-hybridized carbons (Fsp3) is 0.500. The highest BCUT2D eigenvalue weighted by Crippen LogP contribution is 2.35. The number of hydrogen-bond donors (Lipinski definition) is 2. The van der Waals surface area contributed by atoms with Crippen LogP contribution in [-0.2, 0) is 9.48 Å². The Labute approximate surface area is 188 Å². The first-order valence-corrected chi connectivity index (χ1v) is 12.0. The molecule has 2 fully saturated rings. The van der Waals surface area contributed by atoms with E-state index in [2.05, 4.69) is 53.8 Å². The molecule has 0 amide bonds. The molecule has 2 N–H and O–H groups in total. The summed E-state index contributed by atoms with van der Waals surface area (Å²) in [5.41, 5.74) is 3.00. The van der Waals surface area contributed by atoms with E-state index in [1.54, 1.807) is 11.8 Å². The molecule has 2 heterocycles. The molecule has 1 aliphatic carbocycles. The van der Waals surface area contributed by atoms with E-state index in [4.69, 9.17) is 26.9 Å². The van der Waals surface area contributed by atoms with Gasteiger partial charge in [-0.25, -0.2) is 9.97 Å². The number of thioether (sulfide) groups is 1. The summed E-state index contributed by atoms with van der Waals surface area (Å²) in [5.74, 6) is 1.72. The third-order valence-corrected chi connectivity index (χ3v) is 6.94. The van der Waals surface area contributed by atoms with Crippen molar-refractivity contribution < 1.29 is 4.74 Å². The minimum atomic E-state index is -0.0963. The van der Waals surface area contributed by atoms with Gasteiger partial charge in [0.15, 0.2) is 10.9 Å². The van der Waals surface area contributed by atoms with Crippen LogP contribution >= 0.6 is 24.0 Å². The molecule has 0 bridgehead atoms. The quantitative estimate of drug-likeness (QED) is 0.649. The molecule has 2 aliphatic rings. The minimum Gasteiger partial charge on any atom is -0.378 e. The highest BCUT2D eigenvalue weighted by Gasteiger charge is 2.25. The molecule has 4 rings (SSSR count). The number of nitrogens with one attached hydrogen (secondary N) is 2. The molecule has 1 aliphatic heterocycles. The Morgan fingerprint density at radius 2 is 1.87 bits per heavy atom. The van der Waals surface area contributed by atoms with Gasteiger partial charge >= 0.3 is 0 Å². The summed E-state index contributed by atoms with van der Waals surface area (Å²) < 4.78 is 5.42. The van der Waals surface area contributed by atoms with E-state index in [0.29, 0.717) is 11.2 Å². The number of benzene rings is 1. The van der Waals surface area contributed by atoms with E-state index in [1.807, 2.05) is 12.1 Å². The van der Waals surface area contributed by atoms with Crippen molar-refractivity contribution in [3.05, 3.63) is 36.0 Å². The molecular formula is C22H29N5OS2. The Kier molecular flexibility index (Phi) is 6.46. The maximum Gasteiger partial charge on any atom is 0.170 e. The van der Waals surface area contributed by atoms with Crippen molar-refractivity contribution in [2.45, 2.75) is 37.5 Å². The van der Waals surface area contributed by atoms with Gasteiger partial charge in [0.05, 0.1) is 23.7 Å². The van der Waals surface area contributed by atoms with Crippen LogP contribution in [0.5, 0.6) is 0 Å². The van der Waals surface area contributed by atoms with Crippen LogP contribution in [0.4, 0.5) is 11.5 Å². The molecule has 160 valence electrons. The summed E-state index contributed by atoms with van der Waals surface area (Å²) >= 11 is 7.17. The van der Waals surface area contributed by atoms with Crippen LogP contribution in [0.1, 0.15) is 32.4 Å². The molecule has 0 atom stereocenters. The molecule has 0 radical (unpaired) electrons. The van der Waals surface area contributed by atoms with E-state index in [1.165, 1.54) is 12.8 Å². The van der Waals surface area contributed by atoms with E-state index in [-0.39, 0.29) is 4.75 Å². The molecule has 0 spiro atoms. The lowest BCUT2D eigenvalue weighted by Gasteiger charge is -2.30. The van der Waals surface area contributed by atoms with Gasteiger partial charge in [-0.1, -0.05) is 0 Å². The van der Waals surface area contributed by atoms with Gasteiger partial charge in [-0.2, -0.15) is 11.8 Å². The largest absolute Gasteiger partial charge is 0.378 e. The van der Waals surface area contributed by atoms with Gasteiger partial charge in [0, 0.05) is 36.4 Å². The third kappa shape index (κ3) is 5.22. The lowest BCUT2D eigenvalue weighted by Crippen LogP contribution is -2.37. The topological polar surface area (TPSA) is 62.3 Å². The number of rotatable bonds is 6. The second kappa shape index (κ2) is 9.08. The summed E-state index contributed by atoms with van der Waals surface area (Å²) in [6.07, 6.45) is 4.52. The van der Waals surface area contributed by atoms with E-state index in [0.717, 1.165) is 54.9 Å². The fourth-order valence-corrected chi connectivity index (χ4v) is 3.81. The second-order valence-corrected chi connectivity index (χ2v) is 10.0. The molecular weight excluding hydrogens is 414 g/mol. The Hall–Kier alpha value is -1.90. The number of hydrogen-bond acceptors (Lipinski definition) is 6. The number of anilines is 2. The lowest BCUT2D eigenvalue weighted by atomic mass is 10.1. The maximum atomic E-state index is 5.52. The van der Waals surface area contributed by atoms with Crippen LogP contribution < -0.4 is 15.5 Å². The smallest absolute Gasteiger partial charge is 0.170 e. The van der Waals surface area contributed by atoms with Gasteiger partial charge in [0.2, 0.25) is 0 Å². The van der Waals surface area contributed by atoms with Crippen molar-refractivity contribution in [1.82, 2.24) is 15.3 Å². The average molecular weight is 444 g/mol. The van der Waals surface area contributed by atoms with Gasteiger partial charge in [0.1, 0.15) is 5.82 Å². The molecule has 1 aromatic heterocycles. The molecule has 0 unspecified atom stereocenters. The monoisotopic (exact) mass is 443 g/mol. The van der Waals surface area contributed by atoms with Crippen molar-refractivity contribution in [3.63, 3.8) is 0 Å². The minimum absolute atomic E-state index is 0.0963. The SMILES string of the molecule is CSC(C)(C)c1cc(N2CCOCC2)nc(-c2ccc(NC(=S)NC3CC3)cc2)n1. The first-order chi connectivity index (χ1) is 14.4. The van der Waals surface area contributed by atoms with Gasteiger partial charge in [-0.15, -0.1) is 0 Å². The normalized spacial score (nSPS) is 17.0. The molecule has 1 aromatic carbocycles. The summed E-state index contributed by atoms with van der Waals surface area (Å²) in [5, 5.41) is 7.23. The third-order valence-electron chi connectivity index (χ3n) is 5.49. The zero-order valence-corrected chi connectivity index (χ0v) is 19.4. The Morgan fingerprint density at radius 1 is 1.17 bits per heavy atom. The van der Waals surface area contributed by atoms with Crippen molar-refractivity contribution in [2.75, 3.05) is 42.8 Å². The lowest BCUT2D eigenvalue weighted by molar-refractivity contribution is 0.122. The van der Waals surface area contributed by atoms with E-state index < -0.39 is 0 Å². The maximum absolute atomic E-state index is 5.52. The number of thiocarbonyl (C=S) groups is 1. The summed E-state index contributed by atoms with van der Waals surface area (Å²) in [7, 11) is 0. The summed E-state index contributed by atoms with van der Waals surface area (Å²) in [6, 6.07) is 10.8. The highest BCUT2D eigenvalue weighted by atomic mass is 32.2. The zero-order chi connectivity index (χ0) is 21.1. The average Bonchev–Trinajstić information content (AvgIpc) is 3.58. The Balaban J connectivity index is 1.59. The number of aromatic nitrogens is 2. The standard InChI is InChI=1S/C22H29N5OS2/c1-22(2,30-3)18-14-19(27-10-12-28-13-11-27)26-20(25-18)15-4-6-16(7-5-15)23-21(29)24-17-8-9-17/h4-7,14,17H,8-13H2,1-3H3,(H2,23,24,29). The molecule has 2 aromatic rings. The van der Waals surface area contributed by atoms with Crippen LogP contribution in [-0.4, -0.2) is 53.7 Å². The molecule has 8 heteroatoms. The van der Waals surface area contributed by atoms with Crippen LogP contribution in [0.25, 0.3) is 11.4 Å². The Bertz CT molecular complexity index is 893. The second-order valence-electron chi connectivity index (χ2n) is 8.20. The van der Waals surface area contributed by atoms with Crippen molar-refractivity contribution in [2.24, 2.45) is 0 Å².